The highest BCUT2D eigenvalue weighted by molar-refractivity contribution is 5.84. The Morgan fingerprint density at radius 3 is 2.38 bits per heavy atom. The molecule has 2 saturated heterocycles. The molecule has 0 aliphatic carbocycles. The minimum atomic E-state index is -0.239. The third kappa shape index (κ3) is 3.55. The zero-order valence-electron chi connectivity index (χ0n) is 13.2. The van der Waals surface area contributed by atoms with Crippen LogP contribution >= 0.6 is 0 Å². The summed E-state index contributed by atoms with van der Waals surface area (Å²) >= 11 is 0. The first-order valence-corrected chi connectivity index (χ1v) is 7.90. The van der Waals surface area contributed by atoms with Gasteiger partial charge in [-0.3, -0.25) is 9.59 Å². The van der Waals surface area contributed by atoms with Gasteiger partial charge >= 0.3 is 0 Å². The van der Waals surface area contributed by atoms with E-state index in [9.17, 15) is 9.59 Å². The maximum absolute atomic E-state index is 12.9. The molecule has 0 aromatic rings. The Hall–Kier alpha value is -1.14. The van der Waals surface area contributed by atoms with Crippen molar-refractivity contribution in [1.82, 2.24) is 15.1 Å². The van der Waals surface area contributed by atoms with Gasteiger partial charge in [-0.15, -0.1) is 0 Å². The van der Waals surface area contributed by atoms with E-state index in [4.69, 9.17) is 4.74 Å². The summed E-state index contributed by atoms with van der Waals surface area (Å²) < 4.78 is 4.88. The van der Waals surface area contributed by atoms with Gasteiger partial charge in [-0.2, -0.15) is 0 Å². The molecule has 0 aromatic heterocycles. The van der Waals surface area contributed by atoms with Gasteiger partial charge in [0.25, 0.3) is 0 Å². The normalized spacial score (nSPS) is 26.8. The number of nitrogens with one attached hydrogen (secondary N) is 1. The number of ether oxygens (including phenoxy) is 1. The number of carbonyl (C=O) groups excluding carboxylic acids is 2. The molecule has 0 bridgehead atoms. The Morgan fingerprint density at radius 1 is 1.19 bits per heavy atom. The topological polar surface area (TPSA) is 61.9 Å². The fraction of sp³-hybridized carbons (Fsp3) is 0.867. The molecule has 21 heavy (non-hydrogen) atoms. The molecule has 6 nitrogen and oxygen atoms in total. The molecular formula is C15H27N3O3. The molecule has 1 N–H and O–H groups in total. The Bertz CT molecular complexity index is 372. The molecule has 0 saturated carbocycles. The monoisotopic (exact) mass is 297 g/mol. The van der Waals surface area contributed by atoms with Crippen molar-refractivity contribution in [2.24, 2.45) is 5.41 Å². The average Bonchev–Trinajstić information content (AvgIpc) is 2.55. The van der Waals surface area contributed by atoms with E-state index in [2.05, 4.69) is 12.2 Å². The van der Waals surface area contributed by atoms with Gasteiger partial charge in [0, 0.05) is 39.8 Å². The summed E-state index contributed by atoms with van der Waals surface area (Å²) in [4.78, 5) is 28.4. The van der Waals surface area contributed by atoms with Gasteiger partial charge in [-0.25, -0.2) is 0 Å². The predicted octanol–water partition coefficient (Wildman–Crippen LogP) is 0.0834. The van der Waals surface area contributed by atoms with Crippen LogP contribution in [0.3, 0.4) is 0 Å². The van der Waals surface area contributed by atoms with Crippen molar-refractivity contribution in [3.05, 3.63) is 0 Å². The number of hydrogen-bond donors (Lipinski definition) is 1. The molecule has 2 fully saturated rings. The highest BCUT2D eigenvalue weighted by atomic mass is 16.5. The highest BCUT2D eigenvalue weighted by Crippen LogP contribution is 2.32. The van der Waals surface area contributed by atoms with E-state index in [0.717, 1.165) is 32.4 Å². The quantitative estimate of drug-likeness (QED) is 0.798. The summed E-state index contributed by atoms with van der Waals surface area (Å²) in [6.45, 7) is 6.51. The second-order valence-electron chi connectivity index (χ2n) is 6.02. The lowest BCUT2D eigenvalue weighted by Gasteiger charge is -2.42. The number of rotatable bonds is 4. The standard InChI is InChI=1S/C15H27N3O3/c1-3-15(5-4-6-16-12-15)14(20)18-9-7-17(8-10-18)13(19)11-21-2/h16H,3-12H2,1-2H3. The van der Waals surface area contributed by atoms with E-state index in [1.54, 1.807) is 4.90 Å². The minimum Gasteiger partial charge on any atom is -0.375 e. The van der Waals surface area contributed by atoms with Gasteiger partial charge in [0.1, 0.15) is 6.61 Å². The van der Waals surface area contributed by atoms with Crippen LogP contribution in [0.5, 0.6) is 0 Å². The van der Waals surface area contributed by atoms with Crippen LogP contribution in [-0.4, -0.2) is 74.6 Å². The second kappa shape index (κ2) is 7.22. The summed E-state index contributed by atoms with van der Waals surface area (Å²) in [6, 6.07) is 0. The van der Waals surface area contributed by atoms with E-state index in [1.165, 1.54) is 7.11 Å². The van der Waals surface area contributed by atoms with Crippen molar-refractivity contribution in [3.63, 3.8) is 0 Å². The number of hydrogen-bond acceptors (Lipinski definition) is 4. The van der Waals surface area contributed by atoms with E-state index < -0.39 is 0 Å². The third-order valence-electron chi connectivity index (χ3n) is 4.79. The first kappa shape index (κ1) is 16.2. The smallest absolute Gasteiger partial charge is 0.248 e. The molecule has 2 aliphatic heterocycles. The van der Waals surface area contributed by atoms with Crippen LogP contribution in [0.2, 0.25) is 0 Å². The van der Waals surface area contributed by atoms with Crippen molar-refractivity contribution in [2.45, 2.75) is 26.2 Å². The van der Waals surface area contributed by atoms with Crippen LogP contribution in [0.25, 0.3) is 0 Å². The maximum Gasteiger partial charge on any atom is 0.248 e. The molecule has 1 unspecified atom stereocenters. The summed E-state index contributed by atoms with van der Waals surface area (Å²) in [5, 5.41) is 3.36. The summed E-state index contributed by atoms with van der Waals surface area (Å²) in [7, 11) is 1.53. The van der Waals surface area contributed by atoms with Crippen LogP contribution in [-0.2, 0) is 14.3 Å². The van der Waals surface area contributed by atoms with Crippen molar-refractivity contribution in [3.8, 4) is 0 Å². The van der Waals surface area contributed by atoms with Crippen LogP contribution in [0.4, 0.5) is 0 Å². The van der Waals surface area contributed by atoms with Gasteiger partial charge in [0.05, 0.1) is 5.41 Å². The van der Waals surface area contributed by atoms with Gasteiger partial charge in [-0.1, -0.05) is 6.92 Å². The van der Waals surface area contributed by atoms with Gasteiger partial charge in [0.15, 0.2) is 0 Å². The molecule has 0 aromatic carbocycles. The van der Waals surface area contributed by atoms with Crippen LogP contribution in [0.1, 0.15) is 26.2 Å². The molecule has 0 radical (unpaired) electrons. The van der Waals surface area contributed by atoms with Gasteiger partial charge in [-0.05, 0) is 25.8 Å². The van der Waals surface area contributed by atoms with E-state index in [-0.39, 0.29) is 23.8 Å². The SMILES string of the molecule is CCC1(C(=O)N2CCN(C(=O)COC)CC2)CCCNC1. The van der Waals surface area contributed by atoms with E-state index >= 15 is 0 Å². The lowest BCUT2D eigenvalue weighted by molar-refractivity contribution is -0.149. The molecule has 6 heteroatoms. The lowest BCUT2D eigenvalue weighted by Crippen LogP contribution is -2.57. The molecular weight excluding hydrogens is 270 g/mol. The Balaban J connectivity index is 1.91. The second-order valence-corrected chi connectivity index (χ2v) is 6.02. The largest absolute Gasteiger partial charge is 0.375 e. The number of amides is 2. The molecule has 0 spiro atoms. The summed E-state index contributed by atoms with van der Waals surface area (Å²) in [5.74, 6) is 0.269. The fourth-order valence-corrected chi connectivity index (χ4v) is 3.31. The minimum absolute atomic E-state index is 0.00846. The zero-order valence-corrected chi connectivity index (χ0v) is 13.2. The summed E-state index contributed by atoms with van der Waals surface area (Å²) in [5.41, 5.74) is -0.239. The number of carbonyl (C=O) groups is 2. The molecule has 2 rings (SSSR count). The first-order valence-electron chi connectivity index (χ1n) is 7.90. The maximum atomic E-state index is 12.9. The Labute approximate surface area is 126 Å². The van der Waals surface area contributed by atoms with Crippen molar-refractivity contribution in [2.75, 3.05) is 53.0 Å². The molecule has 1 atom stereocenters. The number of piperidine rings is 1. The number of nitrogens with zero attached hydrogens (tertiary/aromatic N) is 2. The number of methoxy groups -OCH3 is 1. The fourth-order valence-electron chi connectivity index (χ4n) is 3.31. The van der Waals surface area contributed by atoms with Gasteiger partial charge in [0.2, 0.25) is 11.8 Å². The highest BCUT2D eigenvalue weighted by Gasteiger charge is 2.41. The molecule has 2 aliphatic rings. The summed E-state index contributed by atoms with van der Waals surface area (Å²) in [6.07, 6.45) is 2.91. The molecule has 120 valence electrons. The first-order chi connectivity index (χ1) is 10.1. The lowest BCUT2D eigenvalue weighted by atomic mass is 9.77. The Kier molecular flexibility index (Phi) is 5.58. The van der Waals surface area contributed by atoms with Crippen molar-refractivity contribution >= 4 is 11.8 Å². The van der Waals surface area contributed by atoms with E-state index in [1.807, 2.05) is 4.90 Å². The van der Waals surface area contributed by atoms with Crippen LogP contribution < -0.4 is 5.32 Å². The zero-order chi connectivity index (χ0) is 15.3. The van der Waals surface area contributed by atoms with Crippen molar-refractivity contribution in [1.29, 1.82) is 0 Å². The number of piperazine rings is 1. The Morgan fingerprint density at radius 2 is 1.86 bits per heavy atom. The predicted molar refractivity (Wildman–Crippen MR) is 79.9 cm³/mol. The van der Waals surface area contributed by atoms with Gasteiger partial charge < -0.3 is 19.9 Å². The van der Waals surface area contributed by atoms with Crippen molar-refractivity contribution < 1.29 is 14.3 Å². The molecule has 2 amide bonds. The van der Waals surface area contributed by atoms with Crippen LogP contribution in [0.15, 0.2) is 0 Å². The van der Waals surface area contributed by atoms with E-state index in [0.29, 0.717) is 26.2 Å². The average molecular weight is 297 g/mol. The third-order valence-corrected chi connectivity index (χ3v) is 4.79. The molecule has 2 heterocycles. The van der Waals surface area contributed by atoms with Crippen LogP contribution in [0, 0.1) is 5.41 Å².